The number of rotatable bonds is 2. The normalized spacial score (nSPS) is 14.1. The van der Waals surface area contributed by atoms with Crippen molar-refractivity contribution in [3.05, 3.63) is 34.9 Å². The summed E-state index contributed by atoms with van der Waals surface area (Å²) >= 11 is 0. The molecule has 1 aliphatic rings. The fourth-order valence-corrected chi connectivity index (χ4v) is 2.67. The average Bonchev–Trinajstić information content (AvgIpc) is 2.80. The molecule has 0 amide bonds. The van der Waals surface area contributed by atoms with Crippen molar-refractivity contribution in [1.82, 2.24) is 10.2 Å². The van der Waals surface area contributed by atoms with Gasteiger partial charge in [-0.3, -0.25) is 5.10 Å². The van der Waals surface area contributed by atoms with Crippen molar-refractivity contribution >= 4 is 11.8 Å². The third-order valence-corrected chi connectivity index (χ3v) is 3.65. The van der Waals surface area contributed by atoms with Crippen molar-refractivity contribution in [2.75, 3.05) is 5.73 Å². The van der Waals surface area contributed by atoms with Crippen LogP contribution < -0.4 is 5.73 Å². The van der Waals surface area contributed by atoms with Crippen LogP contribution in [-0.4, -0.2) is 21.3 Å². The molecule has 4 N–H and O–H groups in total. The molecule has 5 nitrogen and oxygen atoms in total. The lowest BCUT2D eigenvalue weighted by Gasteiger charge is -2.16. The van der Waals surface area contributed by atoms with Crippen molar-refractivity contribution in [3.63, 3.8) is 0 Å². The van der Waals surface area contributed by atoms with Crippen LogP contribution in [-0.2, 0) is 12.8 Å². The zero-order valence-electron chi connectivity index (χ0n) is 10.4. The van der Waals surface area contributed by atoms with Crippen LogP contribution in [0.3, 0.4) is 0 Å². The molecule has 1 aliphatic carbocycles. The Morgan fingerprint density at radius 2 is 2.00 bits per heavy atom. The van der Waals surface area contributed by atoms with Crippen LogP contribution in [0, 0.1) is 0 Å². The Morgan fingerprint density at radius 3 is 2.74 bits per heavy atom. The highest BCUT2D eigenvalue weighted by Gasteiger charge is 2.20. The molecular formula is C14H15N3O2. The number of aromatic carboxylic acids is 1. The quantitative estimate of drug-likeness (QED) is 0.769. The summed E-state index contributed by atoms with van der Waals surface area (Å²) in [5, 5.41) is 15.7. The first-order chi connectivity index (χ1) is 9.16. The van der Waals surface area contributed by atoms with E-state index >= 15 is 0 Å². The van der Waals surface area contributed by atoms with Gasteiger partial charge in [0.2, 0.25) is 0 Å². The number of hydrogen-bond donors (Lipinski definition) is 3. The third-order valence-electron chi connectivity index (χ3n) is 3.65. The lowest BCUT2D eigenvalue weighted by Crippen LogP contribution is -2.04. The molecule has 1 aromatic heterocycles. The number of carboxylic acids is 1. The summed E-state index contributed by atoms with van der Waals surface area (Å²) in [5.74, 6) is -1.03. The van der Waals surface area contributed by atoms with Gasteiger partial charge in [-0.25, -0.2) is 4.79 Å². The Balaban J connectivity index is 2.10. The van der Waals surface area contributed by atoms with Crippen molar-refractivity contribution < 1.29 is 9.90 Å². The molecule has 0 bridgehead atoms. The number of benzene rings is 1. The Bertz CT molecular complexity index is 646. The average molecular weight is 257 g/mol. The Morgan fingerprint density at radius 1 is 1.26 bits per heavy atom. The number of aryl methyl sites for hydroxylation is 2. The van der Waals surface area contributed by atoms with E-state index in [0.29, 0.717) is 5.69 Å². The zero-order chi connectivity index (χ0) is 13.4. The van der Waals surface area contributed by atoms with E-state index in [1.165, 1.54) is 24.0 Å². The second kappa shape index (κ2) is 4.42. The van der Waals surface area contributed by atoms with Gasteiger partial charge < -0.3 is 10.8 Å². The number of nitrogens with two attached hydrogens (primary N) is 1. The number of carbonyl (C=O) groups is 1. The van der Waals surface area contributed by atoms with Gasteiger partial charge in [0.1, 0.15) is 5.56 Å². The first-order valence-electron chi connectivity index (χ1n) is 6.36. The number of nitrogens with one attached hydrogen (secondary N) is 1. The lowest BCUT2D eigenvalue weighted by atomic mass is 9.89. The number of H-pyrrole nitrogens is 1. The summed E-state index contributed by atoms with van der Waals surface area (Å²) in [4.78, 5) is 11.2. The summed E-state index contributed by atoms with van der Waals surface area (Å²) in [7, 11) is 0. The van der Waals surface area contributed by atoms with Gasteiger partial charge in [-0.2, -0.15) is 5.10 Å². The maximum Gasteiger partial charge on any atom is 0.341 e. The molecular weight excluding hydrogens is 242 g/mol. The van der Waals surface area contributed by atoms with E-state index in [1.807, 2.05) is 12.1 Å². The van der Waals surface area contributed by atoms with Crippen LogP contribution in [0.25, 0.3) is 11.3 Å². The van der Waals surface area contributed by atoms with Crippen LogP contribution >= 0.6 is 0 Å². The molecule has 1 heterocycles. The second-order valence-corrected chi connectivity index (χ2v) is 4.85. The predicted molar refractivity (Wildman–Crippen MR) is 72.0 cm³/mol. The summed E-state index contributed by atoms with van der Waals surface area (Å²) in [6.07, 6.45) is 4.57. The molecule has 3 rings (SSSR count). The van der Waals surface area contributed by atoms with E-state index in [2.05, 4.69) is 16.3 Å². The monoisotopic (exact) mass is 257 g/mol. The first kappa shape index (κ1) is 11.8. The summed E-state index contributed by atoms with van der Waals surface area (Å²) in [6.45, 7) is 0. The highest BCUT2D eigenvalue weighted by atomic mass is 16.4. The van der Waals surface area contributed by atoms with E-state index in [1.54, 1.807) is 0 Å². The highest BCUT2D eigenvalue weighted by molar-refractivity contribution is 5.99. The fraction of sp³-hybridized carbons (Fsp3) is 0.286. The van der Waals surface area contributed by atoms with Gasteiger partial charge in [0.15, 0.2) is 5.82 Å². The Hall–Kier alpha value is -2.30. The number of aromatic nitrogens is 2. The van der Waals surface area contributed by atoms with Crippen molar-refractivity contribution in [2.45, 2.75) is 25.7 Å². The summed E-state index contributed by atoms with van der Waals surface area (Å²) in [5.41, 5.74) is 9.63. The third kappa shape index (κ3) is 1.97. The van der Waals surface area contributed by atoms with Gasteiger partial charge >= 0.3 is 5.97 Å². The number of nitrogen functional groups attached to an aromatic ring is 1. The molecule has 0 spiro atoms. The number of carboxylic acid groups (broad SMARTS) is 1. The van der Waals surface area contributed by atoms with E-state index in [9.17, 15) is 9.90 Å². The first-order valence-corrected chi connectivity index (χ1v) is 6.36. The smallest absolute Gasteiger partial charge is 0.341 e. The van der Waals surface area contributed by atoms with E-state index in [-0.39, 0.29) is 11.4 Å². The van der Waals surface area contributed by atoms with Crippen LogP contribution in [0.2, 0.25) is 0 Å². The molecule has 0 atom stereocenters. The standard InChI is InChI=1S/C14H15N3O2/c15-13-11(14(18)19)12(16-17-13)10-6-5-8-3-1-2-4-9(8)7-10/h5-7H,1-4H2,(H,18,19)(H3,15,16,17). The largest absolute Gasteiger partial charge is 0.477 e. The number of anilines is 1. The topological polar surface area (TPSA) is 92.0 Å². The fourth-order valence-electron chi connectivity index (χ4n) is 2.67. The molecule has 0 radical (unpaired) electrons. The van der Waals surface area contributed by atoms with Crippen molar-refractivity contribution in [1.29, 1.82) is 0 Å². The van der Waals surface area contributed by atoms with Crippen LogP contribution in [0.4, 0.5) is 5.82 Å². The number of aromatic amines is 1. The second-order valence-electron chi connectivity index (χ2n) is 4.85. The van der Waals surface area contributed by atoms with Gasteiger partial charge in [0.05, 0.1) is 5.69 Å². The molecule has 0 aliphatic heterocycles. The highest BCUT2D eigenvalue weighted by Crippen LogP contribution is 2.29. The van der Waals surface area contributed by atoms with E-state index in [4.69, 9.17) is 5.73 Å². The number of nitrogens with zero attached hydrogens (tertiary/aromatic N) is 1. The van der Waals surface area contributed by atoms with Gasteiger partial charge in [-0.05, 0) is 42.9 Å². The van der Waals surface area contributed by atoms with Crippen LogP contribution in [0.5, 0.6) is 0 Å². The van der Waals surface area contributed by atoms with Gasteiger partial charge in [0.25, 0.3) is 0 Å². The van der Waals surface area contributed by atoms with Crippen molar-refractivity contribution in [3.8, 4) is 11.3 Å². The zero-order valence-corrected chi connectivity index (χ0v) is 10.4. The number of hydrogen-bond acceptors (Lipinski definition) is 3. The molecule has 0 saturated heterocycles. The minimum Gasteiger partial charge on any atom is -0.477 e. The molecule has 5 heteroatoms. The molecule has 0 saturated carbocycles. The molecule has 98 valence electrons. The van der Waals surface area contributed by atoms with Crippen molar-refractivity contribution in [2.24, 2.45) is 0 Å². The summed E-state index contributed by atoms with van der Waals surface area (Å²) in [6, 6.07) is 6.06. The molecule has 2 aromatic rings. The number of fused-ring (bicyclic) bond motifs is 1. The van der Waals surface area contributed by atoms with Gasteiger partial charge in [0, 0.05) is 5.56 Å². The maximum atomic E-state index is 11.2. The lowest BCUT2D eigenvalue weighted by molar-refractivity contribution is 0.0699. The minimum absolute atomic E-state index is 0.0280. The minimum atomic E-state index is -1.06. The molecule has 19 heavy (non-hydrogen) atoms. The summed E-state index contributed by atoms with van der Waals surface area (Å²) < 4.78 is 0. The Kier molecular flexibility index (Phi) is 2.74. The van der Waals surface area contributed by atoms with Gasteiger partial charge in [-0.15, -0.1) is 0 Å². The SMILES string of the molecule is Nc1n[nH]c(-c2ccc3c(c2)CCCC3)c1C(=O)O. The maximum absolute atomic E-state index is 11.2. The van der Waals surface area contributed by atoms with E-state index in [0.717, 1.165) is 18.4 Å². The predicted octanol–water partition coefficient (Wildman–Crippen LogP) is 2.24. The van der Waals surface area contributed by atoms with Gasteiger partial charge in [-0.1, -0.05) is 12.1 Å². The molecule has 0 fully saturated rings. The van der Waals surface area contributed by atoms with Crippen LogP contribution in [0.15, 0.2) is 18.2 Å². The van der Waals surface area contributed by atoms with Crippen LogP contribution in [0.1, 0.15) is 34.3 Å². The Labute approximate surface area is 110 Å². The van der Waals surface area contributed by atoms with E-state index < -0.39 is 5.97 Å². The molecule has 1 aromatic carbocycles. The molecule has 0 unspecified atom stereocenters.